The summed E-state index contributed by atoms with van der Waals surface area (Å²) in [4.78, 5) is 16.3. The number of aromatic nitrogens is 2. The number of aryl methyl sites for hydroxylation is 1. The van der Waals surface area contributed by atoms with Crippen LogP contribution >= 0.6 is 0 Å². The smallest absolute Gasteiger partial charge is 0.257 e. The van der Waals surface area contributed by atoms with E-state index in [1.807, 2.05) is 0 Å². The van der Waals surface area contributed by atoms with Gasteiger partial charge in [-0.05, 0) is 19.4 Å². The first kappa shape index (κ1) is 10.9. The van der Waals surface area contributed by atoms with Crippen LogP contribution in [0.15, 0.2) is 10.9 Å². The summed E-state index contributed by atoms with van der Waals surface area (Å²) in [7, 11) is 0. The van der Waals surface area contributed by atoms with Gasteiger partial charge in [-0.2, -0.15) is 0 Å². The van der Waals surface area contributed by atoms with Gasteiger partial charge in [0.15, 0.2) is 11.6 Å². The zero-order chi connectivity index (χ0) is 11.7. The molecule has 86 valence electrons. The van der Waals surface area contributed by atoms with Crippen LogP contribution in [0.4, 0.5) is 0 Å². The molecule has 2 heterocycles. The van der Waals surface area contributed by atoms with Crippen LogP contribution in [-0.4, -0.2) is 26.4 Å². The minimum atomic E-state index is -0.156. The number of hydrogen-bond donors (Lipinski definition) is 2. The minimum absolute atomic E-state index is 0.0574. The number of allylic oxidation sites excluding steroid dienone is 1. The number of nitrogens with zero attached hydrogens (tertiary/aromatic N) is 2. The van der Waals surface area contributed by atoms with Gasteiger partial charge in [-0.3, -0.25) is 9.36 Å². The number of aliphatic hydroxyl groups excluding tert-OH is 2. The Kier molecular flexibility index (Phi) is 2.78. The quantitative estimate of drug-likeness (QED) is 0.759. The standard InChI is InChI=1S/C11H14N2O3/c1-7-8(4-6-14)11(16)13-5-2-3-9(15)10(13)12-7/h3,14-15H,2,4-6H2,1H3. The molecule has 0 bridgehead atoms. The Labute approximate surface area is 92.7 Å². The molecule has 0 saturated heterocycles. The summed E-state index contributed by atoms with van der Waals surface area (Å²) in [6, 6.07) is 0. The lowest BCUT2D eigenvalue weighted by atomic mass is 10.1. The minimum Gasteiger partial charge on any atom is -0.504 e. The molecule has 0 saturated carbocycles. The van der Waals surface area contributed by atoms with E-state index in [1.165, 1.54) is 4.57 Å². The predicted octanol–water partition coefficient (Wildman–Crippen LogP) is 0.389. The lowest BCUT2D eigenvalue weighted by Crippen LogP contribution is -2.31. The van der Waals surface area contributed by atoms with Gasteiger partial charge in [-0.25, -0.2) is 4.98 Å². The molecule has 0 aromatic carbocycles. The SMILES string of the molecule is Cc1nc2n(c(=O)c1CCO)CCC=C2O. The van der Waals surface area contributed by atoms with Gasteiger partial charge in [0.25, 0.3) is 5.56 Å². The Bertz CT molecular complexity index is 503. The van der Waals surface area contributed by atoms with Crippen molar-refractivity contribution in [2.45, 2.75) is 26.3 Å². The third kappa shape index (κ3) is 1.63. The van der Waals surface area contributed by atoms with E-state index in [0.717, 1.165) is 0 Å². The van der Waals surface area contributed by atoms with Gasteiger partial charge < -0.3 is 10.2 Å². The normalized spacial score (nSPS) is 14.5. The summed E-state index contributed by atoms with van der Waals surface area (Å²) >= 11 is 0. The van der Waals surface area contributed by atoms with E-state index in [4.69, 9.17) is 5.11 Å². The topological polar surface area (TPSA) is 75.4 Å². The largest absolute Gasteiger partial charge is 0.504 e. The van der Waals surface area contributed by atoms with Gasteiger partial charge in [0.1, 0.15) is 0 Å². The molecular formula is C11H14N2O3. The first-order chi connectivity index (χ1) is 7.65. The fraction of sp³-hybridized carbons (Fsp3) is 0.455. The van der Waals surface area contributed by atoms with E-state index >= 15 is 0 Å². The van der Waals surface area contributed by atoms with Crippen molar-refractivity contribution in [3.63, 3.8) is 0 Å². The van der Waals surface area contributed by atoms with Crippen LogP contribution in [0, 0.1) is 6.92 Å². The van der Waals surface area contributed by atoms with Gasteiger partial charge in [-0.1, -0.05) is 0 Å². The predicted molar refractivity (Wildman–Crippen MR) is 59.2 cm³/mol. The van der Waals surface area contributed by atoms with E-state index in [2.05, 4.69) is 4.98 Å². The van der Waals surface area contributed by atoms with Crippen LogP contribution in [0.2, 0.25) is 0 Å². The molecule has 0 radical (unpaired) electrons. The highest BCUT2D eigenvalue weighted by Crippen LogP contribution is 2.15. The second-order valence-electron chi connectivity index (χ2n) is 3.81. The first-order valence-electron chi connectivity index (χ1n) is 5.26. The van der Waals surface area contributed by atoms with Gasteiger partial charge >= 0.3 is 0 Å². The molecule has 1 aromatic heterocycles. The molecule has 0 fully saturated rings. The van der Waals surface area contributed by atoms with E-state index in [1.54, 1.807) is 13.0 Å². The molecule has 1 aromatic rings. The highest BCUT2D eigenvalue weighted by Gasteiger charge is 2.18. The molecule has 1 aliphatic rings. The highest BCUT2D eigenvalue weighted by molar-refractivity contribution is 5.53. The molecule has 0 amide bonds. The summed E-state index contributed by atoms with van der Waals surface area (Å²) in [5, 5.41) is 18.5. The Hall–Kier alpha value is -1.62. The monoisotopic (exact) mass is 222 g/mol. The Balaban J connectivity index is 2.64. The van der Waals surface area contributed by atoms with E-state index in [-0.39, 0.29) is 17.9 Å². The van der Waals surface area contributed by atoms with Crippen molar-refractivity contribution in [1.29, 1.82) is 0 Å². The van der Waals surface area contributed by atoms with Crippen LogP contribution in [0.3, 0.4) is 0 Å². The van der Waals surface area contributed by atoms with Crippen molar-refractivity contribution in [3.05, 3.63) is 33.5 Å². The zero-order valence-electron chi connectivity index (χ0n) is 9.10. The molecule has 5 heteroatoms. The third-order valence-corrected chi connectivity index (χ3v) is 2.75. The fourth-order valence-electron chi connectivity index (χ4n) is 1.92. The van der Waals surface area contributed by atoms with Crippen molar-refractivity contribution in [2.75, 3.05) is 6.61 Å². The van der Waals surface area contributed by atoms with Crippen molar-refractivity contribution in [3.8, 4) is 0 Å². The molecule has 5 nitrogen and oxygen atoms in total. The molecule has 2 rings (SSSR count). The Morgan fingerprint density at radius 3 is 3.00 bits per heavy atom. The molecule has 0 unspecified atom stereocenters. The van der Waals surface area contributed by atoms with Crippen molar-refractivity contribution < 1.29 is 10.2 Å². The maximum absolute atomic E-state index is 12.0. The van der Waals surface area contributed by atoms with Gasteiger partial charge in [0, 0.05) is 30.8 Å². The lowest BCUT2D eigenvalue weighted by Gasteiger charge is -2.17. The molecule has 1 aliphatic heterocycles. The van der Waals surface area contributed by atoms with Crippen molar-refractivity contribution in [1.82, 2.24) is 9.55 Å². The number of aliphatic hydroxyl groups is 2. The van der Waals surface area contributed by atoms with Crippen LogP contribution in [-0.2, 0) is 13.0 Å². The number of rotatable bonds is 2. The van der Waals surface area contributed by atoms with Gasteiger partial charge in [0.05, 0.1) is 0 Å². The lowest BCUT2D eigenvalue weighted by molar-refractivity contribution is 0.298. The average molecular weight is 222 g/mol. The first-order valence-corrected chi connectivity index (χ1v) is 5.26. The van der Waals surface area contributed by atoms with E-state index < -0.39 is 0 Å². The summed E-state index contributed by atoms with van der Waals surface area (Å²) in [6.07, 6.45) is 2.59. The molecule has 0 aliphatic carbocycles. The highest BCUT2D eigenvalue weighted by atomic mass is 16.3. The average Bonchev–Trinajstić information content (AvgIpc) is 2.26. The summed E-state index contributed by atoms with van der Waals surface area (Å²) < 4.78 is 1.47. The van der Waals surface area contributed by atoms with Crippen LogP contribution in [0.5, 0.6) is 0 Å². The Morgan fingerprint density at radius 1 is 1.56 bits per heavy atom. The zero-order valence-corrected chi connectivity index (χ0v) is 9.10. The summed E-state index contributed by atoms with van der Waals surface area (Å²) in [6.45, 7) is 2.18. The number of hydrogen-bond acceptors (Lipinski definition) is 4. The molecule has 0 spiro atoms. The van der Waals surface area contributed by atoms with E-state index in [0.29, 0.717) is 36.5 Å². The fourth-order valence-corrected chi connectivity index (χ4v) is 1.92. The maximum atomic E-state index is 12.0. The van der Waals surface area contributed by atoms with Crippen molar-refractivity contribution in [2.24, 2.45) is 0 Å². The van der Waals surface area contributed by atoms with E-state index in [9.17, 15) is 9.90 Å². The molecule has 2 N–H and O–H groups in total. The molecule has 0 atom stereocenters. The van der Waals surface area contributed by atoms with Crippen LogP contribution < -0.4 is 5.56 Å². The Morgan fingerprint density at radius 2 is 2.31 bits per heavy atom. The summed E-state index contributed by atoms with van der Waals surface area (Å²) in [5.74, 6) is 0.387. The van der Waals surface area contributed by atoms with Crippen molar-refractivity contribution >= 4 is 5.76 Å². The number of fused-ring (bicyclic) bond motifs is 1. The molecule has 16 heavy (non-hydrogen) atoms. The third-order valence-electron chi connectivity index (χ3n) is 2.75. The maximum Gasteiger partial charge on any atom is 0.257 e. The van der Waals surface area contributed by atoms with Gasteiger partial charge in [0.2, 0.25) is 0 Å². The molecular weight excluding hydrogens is 208 g/mol. The van der Waals surface area contributed by atoms with Gasteiger partial charge in [-0.15, -0.1) is 0 Å². The second kappa shape index (κ2) is 4.09. The summed E-state index contributed by atoms with van der Waals surface area (Å²) in [5.41, 5.74) is 0.948. The van der Waals surface area contributed by atoms with Crippen LogP contribution in [0.25, 0.3) is 5.76 Å². The van der Waals surface area contributed by atoms with Crippen LogP contribution in [0.1, 0.15) is 23.5 Å². The second-order valence-corrected chi connectivity index (χ2v) is 3.81.